The number of hydrogen-bond acceptors (Lipinski definition) is 3. The maximum absolute atomic E-state index is 8.78. The third-order valence-electron chi connectivity index (χ3n) is 3.45. The standard InChI is InChI=1S/C18H20N2O/c1-14(20-17-9-5-16(13-19)6-10-17)3-4-15-7-11-18(21-2)12-8-15/h5-12,14,20H,3-4H2,1-2H3. The lowest BCUT2D eigenvalue weighted by atomic mass is 10.1. The second kappa shape index (κ2) is 7.35. The number of rotatable bonds is 6. The zero-order valence-corrected chi connectivity index (χ0v) is 12.5. The number of nitrogens with one attached hydrogen (secondary N) is 1. The van der Waals surface area contributed by atoms with E-state index in [0.717, 1.165) is 24.3 Å². The topological polar surface area (TPSA) is 45.0 Å². The van der Waals surface area contributed by atoms with Gasteiger partial charge >= 0.3 is 0 Å². The highest BCUT2D eigenvalue weighted by Gasteiger charge is 2.03. The molecule has 3 nitrogen and oxygen atoms in total. The first-order valence-corrected chi connectivity index (χ1v) is 7.11. The van der Waals surface area contributed by atoms with Crippen LogP contribution in [0, 0.1) is 11.3 Å². The summed E-state index contributed by atoms with van der Waals surface area (Å²) in [6.45, 7) is 2.17. The summed E-state index contributed by atoms with van der Waals surface area (Å²) in [4.78, 5) is 0. The molecular formula is C18H20N2O. The smallest absolute Gasteiger partial charge is 0.118 e. The van der Waals surface area contributed by atoms with Gasteiger partial charge in [-0.25, -0.2) is 0 Å². The van der Waals surface area contributed by atoms with Crippen LogP contribution in [0.4, 0.5) is 5.69 Å². The van der Waals surface area contributed by atoms with E-state index >= 15 is 0 Å². The molecule has 1 atom stereocenters. The highest BCUT2D eigenvalue weighted by molar-refractivity contribution is 5.47. The number of nitriles is 1. The summed E-state index contributed by atoms with van der Waals surface area (Å²) in [6.07, 6.45) is 2.07. The molecule has 0 saturated heterocycles. The van der Waals surface area contributed by atoms with Crippen LogP contribution in [0.15, 0.2) is 48.5 Å². The average Bonchev–Trinajstić information content (AvgIpc) is 2.54. The van der Waals surface area contributed by atoms with Crippen molar-refractivity contribution in [2.75, 3.05) is 12.4 Å². The molecule has 0 spiro atoms. The van der Waals surface area contributed by atoms with Gasteiger partial charge < -0.3 is 10.1 Å². The molecule has 3 heteroatoms. The van der Waals surface area contributed by atoms with Gasteiger partial charge in [-0.15, -0.1) is 0 Å². The summed E-state index contributed by atoms with van der Waals surface area (Å²) >= 11 is 0. The van der Waals surface area contributed by atoms with Crippen molar-refractivity contribution >= 4 is 5.69 Å². The van der Waals surface area contributed by atoms with E-state index in [1.807, 2.05) is 36.4 Å². The van der Waals surface area contributed by atoms with E-state index in [1.165, 1.54) is 5.56 Å². The molecule has 0 aliphatic heterocycles. The van der Waals surface area contributed by atoms with Gasteiger partial charge in [0.2, 0.25) is 0 Å². The van der Waals surface area contributed by atoms with Gasteiger partial charge in [0.25, 0.3) is 0 Å². The summed E-state index contributed by atoms with van der Waals surface area (Å²) in [5.41, 5.74) is 3.05. The molecule has 0 aliphatic rings. The monoisotopic (exact) mass is 280 g/mol. The lowest BCUT2D eigenvalue weighted by molar-refractivity contribution is 0.414. The van der Waals surface area contributed by atoms with Crippen LogP contribution in [0.2, 0.25) is 0 Å². The van der Waals surface area contributed by atoms with Crippen LogP contribution in [0.25, 0.3) is 0 Å². The van der Waals surface area contributed by atoms with Gasteiger partial charge in [-0.2, -0.15) is 5.26 Å². The highest BCUT2D eigenvalue weighted by atomic mass is 16.5. The summed E-state index contributed by atoms with van der Waals surface area (Å²) in [5, 5.41) is 12.2. The first-order chi connectivity index (χ1) is 10.2. The second-order valence-corrected chi connectivity index (χ2v) is 5.12. The summed E-state index contributed by atoms with van der Waals surface area (Å²) in [6, 6.07) is 18.3. The fourth-order valence-electron chi connectivity index (χ4n) is 2.17. The van der Waals surface area contributed by atoms with E-state index in [1.54, 1.807) is 7.11 Å². The van der Waals surface area contributed by atoms with Crippen molar-refractivity contribution in [2.24, 2.45) is 0 Å². The molecule has 1 N–H and O–H groups in total. The molecule has 2 aromatic carbocycles. The minimum Gasteiger partial charge on any atom is -0.497 e. The quantitative estimate of drug-likeness (QED) is 0.870. The maximum atomic E-state index is 8.78. The molecule has 0 bridgehead atoms. The van der Waals surface area contributed by atoms with Gasteiger partial charge in [0, 0.05) is 11.7 Å². The van der Waals surface area contributed by atoms with E-state index in [2.05, 4.69) is 30.4 Å². The molecule has 0 heterocycles. The molecule has 0 fully saturated rings. The van der Waals surface area contributed by atoms with Crippen LogP contribution in [0.3, 0.4) is 0 Å². The average molecular weight is 280 g/mol. The van der Waals surface area contributed by atoms with Crippen molar-refractivity contribution in [3.05, 3.63) is 59.7 Å². The Bertz CT molecular complexity index is 597. The van der Waals surface area contributed by atoms with E-state index < -0.39 is 0 Å². The Morgan fingerprint density at radius 1 is 1.10 bits per heavy atom. The molecule has 0 aromatic heterocycles. The van der Waals surface area contributed by atoms with E-state index in [0.29, 0.717) is 11.6 Å². The number of benzene rings is 2. The molecule has 0 aliphatic carbocycles. The maximum Gasteiger partial charge on any atom is 0.118 e. The Kier molecular flexibility index (Phi) is 5.22. The molecule has 2 rings (SSSR count). The summed E-state index contributed by atoms with van der Waals surface area (Å²) in [5.74, 6) is 0.891. The minimum absolute atomic E-state index is 0.375. The lowest BCUT2D eigenvalue weighted by Crippen LogP contribution is -2.15. The second-order valence-electron chi connectivity index (χ2n) is 5.12. The van der Waals surface area contributed by atoms with Gasteiger partial charge in [0.1, 0.15) is 5.75 Å². The highest BCUT2D eigenvalue weighted by Crippen LogP contribution is 2.15. The number of methoxy groups -OCH3 is 1. The Balaban J connectivity index is 1.83. The molecule has 0 amide bonds. The SMILES string of the molecule is COc1ccc(CCC(C)Nc2ccc(C#N)cc2)cc1. The third-order valence-corrected chi connectivity index (χ3v) is 3.45. The molecule has 0 saturated carbocycles. The van der Waals surface area contributed by atoms with Crippen LogP contribution in [0.5, 0.6) is 5.75 Å². The molecule has 1 unspecified atom stereocenters. The number of ether oxygens (including phenoxy) is 1. The Hall–Kier alpha value is -2.47. The molecule has 21 heavy (non-hydrogen) atoms. The summed E-state index contributed by atoms with van der Waals surface area (Å²) < 4.78 is 5.16. The predicted octanol–water partition coefficient (Wildman–Crippen LogP) is 4.00. The van der Waals surface area contributed by atoms with Crippen LogP contribution in [0.1, 0.15) is 24.5 Å². The molecular weight excluding hydrogens is 260 g/mol. The van der Waals surface area contributed by atoms with Crippen molar-refractivity contribution in [1.82, 2.24) is 0 Å². The Morgan fingerprint density at radius 2 is 1.76 bits per heavy atom. The zero-order chi connectivity index (χ0) is 15.1. The Morgan fingerprint density at radius 3 is 2.33 bits per heavy atom. The van der Waals surface area contributed by atoms with Gasteiger partial charge in [-0.3, -0.25) is 0 Å². The molecule has 0 radical (unpaired) electrons. The van der Waals surface area contributed by atoms with Gasteiger partial charge in [-0.1, -0.05) is 12.1 Å². The first-order valence-electron chi connectivity index (χ1n) is 7.11. The largest absolute Gasteiger partial charge is 0.497 e. The fraction of sp³-hybridized carbons (Fsp3) is 0.278. The minimum atomic E-state index is 0.375. The normalized spacial score (nSPS) is 11.5. The lowest BCUT2D eigenvalue weighted by Gasteiger charge is -2.15. The summed E-state index contributed by atoms with van der Waals surface area (Å²) in [7, 11) is 1.68. The molecule has 2 aromatic rings. The molecule has 108 valence electrons. The first kappa shape index (κ1) is 14.9. The van der Waals surface area contributed by atoms with Crippen molar-refractivity contribution < 1.29 is 4.74 Å². The van der Waals surface area contributed by atoms with Crippen LogP contribution in [-0.2, 0) is 6.42 Å². The van der Waals surface area contributed by atoms with Gasteiger partial charge in [-0.05, 0) is 61.7 Å². The van der Waals surface area contributed by atoms with Crippen LogP contribution in [-0.4, -0.2) is 13.2 Å². The van der Waals surface area contributed by atoms with Gasteiger partial charge in [0.05, 0.1) is 18.7 Å². The Labute approximate surface area is 126 Å². The number of anilines is 1. The van der Waals surface area contributed by atoms with Crippen molar-refractivity contribution in [2.45, 2.75) is 25.8 Å². The van der Waals surface area contributed by atoms with E-state index in [9.17, 15) is 0 Å². The van der Waals surface area contributed by atoms with Crippen LogP contribution < -0.4 is 10.1 Å². The number of nitrogens with zero attached hydrogens (tertiary/aromatic N) is 1. The number of aryl methyl sites for hydroxylation is 1. The zero-order valence-electron chi connectivity index (χ0n) is 12.5. The fourth-order valence-corrected chi connectivity index (χ4v) is 2.17. The van der Waals surface area contributed by atoms with Crippen molar-refractivity contribution in [3.8, 4) is 11.8 Å². The van der Waals surface area contributed by atoms with Crippen LogP contribution >= 0.6 is 0 Å². The van der Waals surface area contributed by atoms with Crippen molar-refractivity contribution in [3.63, 3.8) is 0 Å². The third kappa shape index (κ3) is 4.54. The van der Waals surface area contributed by atoms with Gasteiger partial charge in [0.15, 0.2) is 0 Å². The van der Waals surface area contributed by atoms with E-state index in [4.69, 9.17) is 10.00 Å². The number of hydrogen-bond donors (Lipinski definition) is 1. The predicted molar refractivity (Wildman–Crippen MR) is 85.6 cm³/mol. The van der Waals surface area contributed by atoms with E-state index in [-0.39, 0.29) is 0 Å². The van der Waals surface area contributed by atoms with Crippen molar-refractivity contribution in [1.29, 1.82) is 5.26 Å².